The van der Waals surface area contributed by atoms with E-state index in [9.17, 15) is 28.3 Å². The van der Waals surface area contributed by atoms with Crippen LogP contribution < -0.4 is 10.7 Å². The third-order valence-corrected chi connectivity index (χ3v) is 7.25. The summed E-state index contributed by atoms with van der Waals surface area (Å²) in [6.07, 6.45) is 2.03. The maximum Gasteiger partial charge on any atom is 0.274 e. The molecule has 36 heavy (non-hydrogen) atoms. The van der Waals surface area contributed by atoms with E-state index < -0.39 is 58.6 Å². The first kappa shape index (κ1) is 24.4. The molecule has 2 aromatic rings. The number of nitrogens with zero attached hydrogens (tertiary/aromatic N) is 2. The Kier molecular flexibility index (Phi) is 5.87. The third kappa shape index (κ3) is 3.77. The molecule has 0 saturated carbocycles. The van der Waals surface area contributed by atoms with Gasteiger partial charge in [0.1, 0.15) is 23.2 Å². The van der Waals surface area contributed by atoms with E-state index in [-0.39, 0.29) is 29.9 Å². The van der Waals surface area contributed by atoms with E-state index in [1.54, 1.807) is 4.90 Å². The van der Waals surface area contributed by atoms with Crippen LogP contribution in [0.15, 0.2) is 23.1 Å². The number of fused-ring (bicyclic) bond motifs is 5. The quantitative estimate of drug-likeness (QED) is 0.666. The normalized spacial score (nSPS) is 27.2. The second-order valence-electron chi connectivity index (χ2n) is 9.78. The molecular weight excluding hydrogens is 476 g/mol. The number of hydrogen-bond acceptors (Lipinski definition) is 6. The van der Waals surface area contributed by atoms with Crippen LogP contribution in [0.4, 0.5) is 8.78 Å². The standard InChI is InChI=1S/C25H27F2N3O6/c1-12-6-17(26)15(18(27)7-12)8-28-23(33)16-9-30-19-10-29(24(34)20(30)22(32)21(16)31)13(2)4-5-25(19)35-11-14(3)36-25/h6-7,9,13-14,19,32H,4-5,8,10-11H2,1-3H3,(H,28,33)/t13-,14-,19+,25+/m0/s1. The predicted molar refractivity (Wildman–Crippen MR) is 123 cm³/mol. The van der Waals surface area contributed by atoms with Crippen molar-refractivity contribution in [3.05, 3.63) is 62.6 Å². The van der Waals surface area contributed by atoms with E-state index in [1.165, 1.54) is 17.7 Å². The summed E-state index contributed by atoms with van der Waals surface area (Å²) in [6, 6.07) is 1.45. The molecule has 2 bridgehead atoms. The minimum atomic E-state index is -1.11. The lowest BCUT2D eigenvalue weighted by molar-refractivity contribution is -0.201. The maximum absolute atomic E-state index is 14.2. The monoisotopic (exact) mass is 503 g/mol. The number of aromatic hydroxyl groups is 1. The summed E-state index contributed by atoms with van der Waals surface area (Å²) in [4.78, 5) is 40.8. The van der Waals surface area contributed by atoms with Crippen LogP contribution in [-0.2, 0) is 16.0 Å². The van der Waals surface area contributed by atoms with Crippen molar-refractivity contribution in [2.45, 2.75) is 64.1 Å². The second-order valence-corrected chi connectivity index (χ2v) is 9.78. The first-order valence-electron chi connectivity index (χ1n) is 11.9. The van der Waals surface area contributed by atoms with Crippen LogP contribution in [0.25, 0.3) is 0 Å². The van der Waals surface area contributed by atoms with Crippen molar-refractivity contribution < 1.29 is 33.0 Å². The average molecular weight is 504 g/mol. The molecule has 0 radical (unpaired) electrons. The molecule has 2 amide bonds. The highest BCUT2D eigenvalue weighted by Crippen LogP contribution is 2.45. The third-order valence-electron chi connectivity index (χ3n) is 7.25. The Morgan fingerprint density at radius 2 is 1.94 bits per heavy atom. The van der Waals surface area contributed by atoms with Gasteiger partial charge in [-0.15, -0.1) is 0 Å². The number of pyridine rings is 1. The van der Waals surface area contributed by atoms with Crippen LogP contribution in [0.5, 0.6) is 5.75 Å². The lowest BCUT2D eigenvalue weighted by atomic mass is 9.99. The number of benzene rings is 1. The molecule has 4 atom stereocenters. The van der Waals surface area contributed by atoms with Gasteiger partial charge < -0.3 is 29.4 Å². The molecule has 192 valence electrons. The summed E-state index contributed by atoms with van der Waals surface area (Å²) < 4.78 is 42.1. The number of ether oxygens (including phenoxy) is 2. The van der Waals surface area contributed by atoms with Gasteiger partial charge in [0.25, 0.3) is 11.8 Å². The van der Waals surface area contributed by atoms with Crippen LogP contribution in [0, 0.1) is 18.6 Å². The summed E-state index contributed by atoms with van der Waals surface area (Å²) in [6.45, 7) is 5.29. The number of halogens is 2. The van der Waals surface area contributed by atoms with E-state index in [4.69, 9.17) is 9.47 Å². The predicted octanol–water partition coefficient (Wildman–Crippen LogP) is 2.38. The first-order chi connectivity index (χ1) is 17.0. The molecule has 3 aliphatic rings. The van der Waals surface area contributed by atoms with Crippen LogP contribution in [0.2, 0.25) is 0 Å². The average Bonchev–Trinajstić information content (AvgIpc) is 3.14. The number of nitrogens with one attached hydrogen (secondary N) is 1. The summed E-state index contributed by atoms with van der Waals surface area (Å²) in [5, 5.41) is 13.1. The van der Waals surface area contributed by atoms with E-state index in [0.29, 0.717) is 25.0 Å². The van der Waals surface area contributed by atoms with Crippen molar-refractivity contribution in [3.63, 3.8) is 0 Å². The zero-order chi connectivity index (χ0) is 25.9. The minimum absolute atomic E-state index is 0.187. The molecule has 4 heterocycles. The van der Waals surface area contributed by atoms with Gasteiger partial charge in [-0.05, 0) is 44.9 Å². The fourth-order valence-corrected chi connectivity index (χ4v) is 5.33. The van der Waals surface area contributed by atoms with Crippen molar-refractivity contribution in [1.29, 1.82) is 0 Å². The number of carbonyl (C=O) groups excluding carboxylic acids is 2. The van der Waals surface area contributed by atoms with E-state index in [2.05, 4.69) is 5.32 Å². The molecule has 2 fully saturated rings. The minimum Gasteiger partial charge on any atom is -0.503 e. The van der Waals surface area contributed by atoms with Crippen LogP contribution in [0.3, 0.4) is 0 Å². The highest BCUT2D eigenvalue weighted by molar-refractivity contribution is 5.99. The van der Waals surface area contributed by atoms with Gasteiger partial charge in [0.15, 0.2) is 17.2 Å². The second kappa shape index (κ2) is 8.67. The SMILES string of the molecule is Cc1cc(F)c(CNC(=O)c2cn3c(c(O)c2=O)C(=O)N2C[C@@H]3[C@]3(CC[C@@H]2C)OC[C@H](C)O3)c(F)c1. The van der Waals surface area contributed by atoms with E-state index >= 15 is 0 Å². The summed E-state index contributed by atoms with van der Waals surface area (Å²) in [5.74, 6) is -5.12. The molecule has 1 spiro atoms. The molecule has 2 N–H and O–H groups in total. The largest absolute Gasteiger partial charge is 0.503 e. The summed E-state index contributed by atoms with van der Waals surface area (Å²) in [5.41, 5.74) is -1.75. The van der Waals surface area contributed by atoms with Gasteiger partial charge in [-0.1, -0.05) is 0 Å². The first-order valence-corrected chi connectivity index (χ1v) is 11.9. The number of hydrogen-bond donors (Lipinski definition) is 2. The van der Waals surface area contributed by atoms with Crippen molar-refractivity contribution in [2.75, 3.05) is 13.2 Å². The Labute approximate surface area is 205 Å². The highest BCUT2D eigenvalue weighted by Gasteiger charge is 2.54. The number of aryl methyl sites for hydroxylation is 1. The van der Waals surface area contributed by atoms with Gasteiger partial charge in [0.2, 0.25) is 5.43 Å². The van der Waals surface area contributed by atoms with Gasteiger partial charge in [0, 0.05) is 37.3 Å². The Hall–Kier alpha value is -3.31. The van der Waals surface area contributed by atoms with Gasteiger partial charge in [-0.2, -0.15) is 0 Å². The molecule has 11 heteroatoms. The van der Waals surface area contributed by atoms with Gasteiger partial charge in [-0.3, -0.25) is 14.4 Å². The molecule has 0 aliphatic carbocycles. The highest BCUT2D eigenvalue weighted by atomic mass is 19.1. The van der Waals surface area contributed by atoms with Gasteiger partial charge in [0.05, 0.1) is 12.7 Å². The molecule has 0 unspecified atom stereocenters. The zero-order valence-electron chi connectivity index (χ0n) is 20.1. The molecule has 9 nitrogen and oxygen atoms in total. The number of carbonyl (C=O) groups is 2. The van der Waals surface area contributed by atoms with Crippen molar-refractivity contribution >= 4 is 11.8 Å². The summed E-state index contributed by atoms with van der Waals surface area (Å²) in [7, 11) is 0. The Bertz CT molecular complexity index is 1300. The molecule has 2 saturated heterocycles. The smallest absolute Gasteiger partial charge is 0.274 e. The Morgan fingerprint density at radius 1 is 1.25 bits per heavy atom. The molecule has 1 aromatic heterocycles. The fourth-order valence-electron chi connectivity index (χ4n) is 5.33. The summed E-state index contributed by atoms with van der Waals surface area (Å²) >= 11 is 0. The van der Waals surface area contributed by atoms with Crippen molar-refractivity contribution in [2.24, 2.45) is 0 Å². The van der Waals surface area contributed by atoms with E-state index in [1.807, 2.05) is 13.8 Å². The maximum atomic E-state index is 14.2. The van der Waals surface area contributed by atoms with Crippen molar-refractivity contribution in [3.8, 4) is 5.75 Å². The lowest BCUT2D eigenvalue weighted by Crippen LogP contribution is -2.52. The van der Waals surface area contributed by atoms with Crippen molar-refractivity contribution in [1.82, 2.24) is 14.8 Å². The number of aromatic nitrogens is 1. The molecule has 3 aliphatic heterocycles. The number of rotatable bonds is 3. The molecular formula is C25H27F2N3O6. The zero-order valence-corrected chi connectivity index (χ0v) is 20.1. The van der Waals surface area contributed by atoms with Crippen LogP contribution in [0.1, 0.15) is 64.7 Å². The van der Waals surface area contributed by atoms with Gasteiger partial charge >= 0.3 is 0 Å². The Balaban J connectivity index is 1.55. The van der Waals surface area contributed by atoms with Gasteiger partial charge in [-0.25, -0.2) is 8.78 Å². The van der Waals surface area contributed by atoms with Crippen LogP contribution >= 0.6 is 0 Å². The fraction of sp³-hybridized carbons (Fsp3) is 0.480. The topological polar surface area (TPSA) is 110 Å². The molecule has 1 aromatic carbocycles. The molecule has 5 rings (SSSR count). The lowest BCUT2D eigenvalue weighted by Gasteiger charge is -2.42. The number of amides is 2. The van der Waals surface area contributed by atoms with Crippen LogP contribution in [-0.4, -0.2) is 57.5 Å². The van der Waals surface area contributed by atoms with E-state index in [0.717, 1.165) is 12.1 Å². The Morgan fingerprint density at radius 3 is 2.58 bits per heavy atom.